The number of nitrogens with zero attached hydrogens (tertiary/aromatic N) is 1. The van der Waals surface area contributed by atoms with Gasteiger partial charge < -0.3 is 10.0 Å². The van der Waals surface area contributed by atoms with Crippen LogP contribution in [-0.2, 0) is 4.79 Å². The predicted octanol–water partition coefficient (Wildman–Crippen LogP) is 2.35. The quantitative estimate of drug-likeness (QED) is 0.840. The summed E-state index contributed by atoms with van der Waals surface area (Å²) in [6.07, 6.45) is 0.164. The first-order valence-electron chi connectivity index (χ1n) is 4.81. The van der Waals surface area contributed by atoms with Crippen molar-refractivity contribution in [2.45, 2.75) is 12.3 Å². The Kier molecular flexibility index (Phi) is 2.57. The molecule has 0 fully saturated rings. The summed E-state index contributed by atoms with van der Waals surface area (Å²) in [5.41, 5.74) is 2.03. The van der Waals surface area contributed by atoms with Gasteiger partial charge in [0.05, 0.1) is 17.1 Å². The standard InChI is InChI=1S/C11H12ClNO2/c1-13-6-7(5-10(14)15)8-3-2-4-9(12)11(8)13/h2-4,7H,5-6H2,1H3,(H,14,15). The number of likely N-dealkylation sites (N-methyl/N-ethyl adjacent to an activating group) is 1. The molecular formula is C11H12ClNO2. The molecule has 0 amide bonds. The average Bonchev–Trinajstić information content (AvgIpc) is 2.44. The number of carboxylic acid groups (broad SMARTS) is 1. The molecule has 0 radical (unpaired) electrons. The van der Waals surface area contributed by atoms with Crippen LogP contribution in [0.2, 0.25) is 5.02 Å². The van der Waals surface area contributed by atoms with E-state index in [2.05, 4.69) is 0 Å². The molecule has 1 N–H and O–H groups in total. The summed E-state index contributed by atoms with van der Waals surface area (Å²) >= 11 is 6.08. The molecule has 0 aromatic heterocycles. The van der Waals surface area contributed by atoms with Gasteiger partial charge in [-0.05, 0) is 11.6 Å². The summed E-state index contributed by atoms with van der Waals surface area (Å²) in [5, 5.41) is 9.50. The van der Waals surface area contributed by atoms with Crippen molar-refractivity contribution in [2.24, 2.45) is 0 Å². The average molecular weight is 226 g/mol. The monoisotopic (exact) mass is 225 g/mol. The number of rotatable bonds is 2. The Morgan fingerprint density at radius 1 is 1.67 bits per heavy atom. The van der Waals surface area contributed by atoms with Crippen LogP contribution >= 0.6 is 11.6 Å². The summed E-state index contributed by atoms with van der Waals surface area (Å²) in [6, 6.07) is 5.66. The predicted molar refractivity (Wildman–Crippen MR) is 59.7 cm³/mol. The maximum atomic E-state index is 10.7. The van der Waals surface area contributed by atoms with Crippen molar-refractivity contribution in [2.75, 3.05) is 18.5 Å². The number of fused-ring (bicyclic) bond motifs is 1. The van der Waals surface area contributed by atoms with Crippen LogP contribution in [0.25, 0.3) is 0 Å². The zero-order chi connectivity index (χ0) is 11.0. The molecule has 0 saturated carbocycles. The molecule has 80 valence electrons. The van der Waals surface area contributed by atoms with Crippen molar-refractivity contribution in [1.29, 1.82) is 0 Å². The molecule has 2 rings (SSSR count). The maximum absolute atomic E-state index is 10.7. The molecule has 0 aliphatic carbocycles. The van der Waals surface area contributed by atoms with Gasteiger partial charge >= 0.3 is 5.97 Å². The number of halogens is 1. The Bertz CT molecular complexity index is 406. The SMILES string of the molecule is CN1CC(CC(=O)O)c2cccc(Cl)c21. The van der Waals surface area contributed by atoms with E-state index in [0.29, 0.717) is 5.02 Å². The Morgan fingerprint density at radius 3 is 3.07 bits per heavy atom. The van der Waals surface area contributed by atoms with Crippen LogP contribution < -0.4 is 4.90 Å². The van der Waals surface area contributed by atoms with Crippen LogP contribution in [-0.4, -0.2) is 24.7 Å². The zero-order valence-electron chi connectivity index (χ0n) is 8.40. The number of carbonyl (C=O) groups is 1. The lowest BCUT2D eigenvalue weighted by Gasteiger charge is -2.13. The third-order valence-corrected chi connectivity index (χ3v) is 3.06. The number of hydrogen-bond donors (Lipinski definition) is 1. The van der Waals surface area contributed by atoms with Crippen LogP contribution in [0.1, 0.15) is 17.9 Å². The number of aliphatic carboxylic acids is 1. The number of hydrogen-bond acceptors (Lipinski definition) is 2. The van der Waals surface area contributed by atoms with Gasteiger partial charge in [0.25, 0.3) is 0 Å². The fourth-order valence-corrected chi connectivity index (χ4v) is 2.50. The summed E-state index contributed by atoms with van der Waals surface area (Å²) in [7, 11) is 1.94. The van der Waals surface area contributed by atoms with Crippen LogP contribution in [0.5, 0.6) is 0 Å². The summed E-state index contributed by atoms with van der Waals surface area (Å²) in [5.74, 6) is -0.706. The van der Waals surface area contributed by atoms with Gasteiger partial charge in [-0.1, -0.05) is 23.7 Å². The molecule has 1 heterocycles. The van der Waals surface area contributed by atoms with Crippen LogP contribution in [0.3, 0.4) is 0 Å². The van der Waals surface area contributed by atoms with Crippen molar-refractivity contribution in [3.8, 4) is 0 Å². The van der Waals surface area contributed by atoms with E-state index in [1.807, 2.05) is 30.1 Å². The Morgan fingerprint density at radius 2 is 2.40 bits per heavy atom. The Hall–Kier alpha value is -1.22. The largest absolute Gasteiger partial charge is 0.481 e. The fraction of sp³-hybridized carbons (Fsp3) is 0.364. The van der Waals surface area contributed by atoms with Gasteiger partial charge in [-0.15, -0.1) is 0 Å². The maximum Gasteiger partial charge on any atom is 0.304 e. The first kappa shape index (κ1) is 10.3. The second-order valence-corrected chi connectivity index (χ2v) is 4.26. The molecule has 4 heteroatoms. The van der Waals surface area contributed by atoms with E-state index >= 15 is 0 Å². The van der Waals surface area contributed by atoms with Crippen molar-refractivity contribution in [3.63, 3.8) is 0 Å². The highest BCUT2D eigenvalue weighted by Gasteiger charge is 2.29. The van der Waals surface area contributed by atoms with Gasteiger partial charge in [-0.3, -0.25) is 4.79 Å². The van der Waals surface area contributed by atoms with Gasteiger partial charge in [0, 0.05) is 19.5 Å². The van der Waals surface area contributed by atoms with Crippen LogP contribution in [0.15, 0.2) is 18.2 Å². The van der Waals surface area contributed by atoms with Gasteiger partial charge in [-0.25, -0.2) is 0 Å². The van der Waals surface area contributed by atoms with Gasteiger partial charge in [-0.2, -0.15) is 0 Å². The Labute approximate surface area is 93.3 Å². The van der Waals surface area contributed by atoms with Gasteiger partial charge in [0.1, 0.15) is 0 Å². The highest BCUT2D eigenvalue weighted by atomic mass is 35.5. The smallest absolute Gasteiger partial charge is 0.304 e. The zero-order valence-corrected chi connectivity index (χ0v) is 9.16. The molecule has 0 saturated heterocycles. The second-order valence-electron chi connectivity index (χ2n) is 3.85. The fourth-order valence-electron chi connectivity index (χ4n) is 2.17. The highest BCUT2D eigenvalue weighted by Crippen LogP contribution is 2.41. The van der Waals surface area contributed by atoms with Gasteiger partial charge in [0.2, 0.25) is 0 Å². The number of para-hydroxylation sites is 1. The van der Waals surface area contributed by atoms with E-state index in [-0.39, 0.29) is 12.3 Å². The molecular weight excluding hydrogens is 214 g/mol. The van der Waals surface area contributed by atoms with E-state index in [0.717, 1.165) is 17.8 Å². The van der Waals surface area contributed by atoms with E-state index in [1.54, 1.807) is 0 Å². The third kappa shape index (κ3) is 1.79. The molecule has 1 aromatic rings. The minimum atomic E-state index is -0.763. The number of benzene rings is 1. The molecule has 1 aliphatic rings. The van der Waals surface area contributed by atoms with E-state index in [9.17, 15) is 4.79 Å². The summed E-state index contributed by atoms with van der Waals surface area (Å²) in [4.78, 5) is 12.7. The van der Waals surface area contributed by atoms with E-state index < -0.39 is 5.97 Å². The Balaban J connectivity index is 2.38. The highest BCUT2D eigenvalue weighted by molar-refractivity contribution is 6.33. The lowest BCUT2D eigenvalue weighted by atomic mass is 9.98. The first-order valence-corrected chi connectivity index (χ1v) is 5.18. The summed E-state index contributed by atoms with van der Waals surface area (Å²) < 4.78 is 0. The normalized spacial score (nSPS) is 19.1. The number of anilines is 1. The molecule has 0 bridgehead atoms. The molecule has 1 atom stereocenters. The minimum Gasteiger partial charge on any atom is -0.481 e. The van der Waals surface area contributed by atoms with E-state index in [1.165, 1.54) is 0 Å². The minimum absolute atomic E-state index is 0.0567. The second kappa shape index (κ2) is 3.74. The molecule has 1 aliphatic heterocycles. The van der Waals surface area contributed by atoms with Crippen LogP contribution in [0, 0.1) is 0 Å². The van der Waals surface area contributed by atoms with Crippen molar-refractivity contribution in [1.82, 2.24) is 0 Å². The summed E-state index contributed by atoms with van der Waals surface area (Å²) in [6.45, 7) is 0.728. The van der Waals surface area contributed by atoms with Crippen molar-refractivity contribution >= 4 is 23.3 Å². The van der Waals surface area contributed by atoms with Crippen molar-refractivity contribution < 1.29 is 9.90 Å². The third-order valence-electron chi connectivity index (χ3n) is 2.75. The molecule has 1 unspecified atom stereocenters. The van der Waals surface area contributed by atoms with E-state index in [4.69, 9.17) is 16.7 Å². The lowest BCUT2D eigenvalue weighted by molar-refractivity contribution is -0.137. The molecule has 3 nitrogen and oxygen atoms in total. The molecule has 1 aromatic carbocycles. The van der Waals surface area contributed by atoms with Gasteiger partial charge in [0.15, 0.2) is 0 Å². The molecule has 15 heavy (non-hydrogen) atoms. The lowest BCUT2D eigenvalue weighted by Crippen LogP contribution is -2.17. The van der Waals surface area contributed by atoms with Crippen molar-refractivity contribution in [3.05, 3.63) is 28.8 Å². The van der Waals surface area contributed by atoms with Crippen LogP contribution in [0.4, 0.5) is 5.69 Å². The first-order chi connectivity index (χ1) is 7.09. The number of carboxylic acids is 1. The topological polar surface area (TPSA) is 40.5 Å². The molecule has 0 spiro atoms.